The first-order valence-electron chi connectivity index (χ1n) is 15.2. The van der Waals surface area contributed by atoms with Crippen LogP contribution in [0.4, 0.5) is 0 Å². The first-order valence-corrected chi connectivity index (χ1v) is 15.2. The molecule has 1 saturated heterocycles. The first-order chi connectivity index (χ1) is 22.2. The van der Waals surface area contributed by atoms with Crippen molar-refractivity contribution in [2.24, 2.45) is 0 Å². The van der Waals surface area contributed by atoms with Crippen LogP contribution in [0.3, 0.4) is 0 Å². The van der Waals surface area contributed by atoms with Crippen LogP contribution >= 0.6 is 0 Å². The second kappa shape index (κ2) is 16.0. The van der Waals surface area contributed by atoms with Gasteiger partial charge in [0.2, 0.25) is 0 Å². The number of amides is 1. The molecule has 0 bridgehead atoms. The predicted octanol–water partition coefficient (Wildman–Crippen LogP) is 4.73. The third kappa shape index (κ3) is 8.29. The van der Waals surface area contributed by atoms with Crippen molar-refractivity contribution in [2.75, 3.05) is 26.4 Å². The van der Waals surface area contributed by atoms with E-state index in [1.54, 1.807) is 20.8 Å². The number of para-hydroxylation sites is 1. The first kappa shape index (κ1) is 34.1. The molecule has 0 unspecified atom stereocenters. The standard InChI is InChI=1S/C35H39NO10/c1-4-42-33(40)35(34(41)43-5-2)44-23-30(46-35)32(39)36(22-31(37)38)24(3)29(21-16-25-12-8-6-9-13-25)26-17-19-28(20-18-26)45-27-14-10-7-11-15-27/h6-15,17-20,24,29-30H,4-5,16,21-23H2,1-3H3,(H,37,38)/t24-,29+,30-/m1/s1. The number of hydrogen-bond donors (Lipinski definition) is 1. The molecule has 1 fully saturated rings. The Morgan fingerprint density at radius 3 is 2.00 bits per heavy atom. The summed E-state index contributed by atoms with van der Waals surface area (Å²) < 4.78 is 27.1. The Morgan fingerprint density at radius 2 is 1.43 bits per heavy atom. The fourth-order valence-corrected chi connectivity index (χ4v) is 5.36. The van der Waals surface area contributed by atoms with Crippen molar-refractivity contribution in [3.63, 3.8) is 0 Å². The molecular formula is C35H39NO10. The maximum absolute atomic E-state index is 14.0. The molecule has 3 aromatic rings. The number of carboxylic acids is 1. The van der Waals surface area contributed by atoms with Crippen molar-refractivity contribution in [1.82, 2.24) is 4.90 Å². The van der Waals surface area contributed by atoms with Gasteiger partial charge in [0.25, 0.3) is 5.91 Å². The van der Waals surface area contributed by atoms with Crippen molar-refractivity contribution in [3.8, 4) is 11.5 Å². The minimum atomic E-state index is -2.59. The fraction of sp³-hybridized carbons (Fsp3) is 0.371. The zero-order valence-electron chi connectivity index (χ0n) is 26.1. The fourth-order valence-electron chi connectivity index (χ4n) is 5.36. The topological polar surface area (TPSA) is 138 Å². The van der Waals surface area contributed by atoms with Gasteiger partial charge in [-0.1, -0.05) is 60.7 Å². The molecule has 1 aliphatic heterocycles. The van der Waals surface area contributed by atoms with Crippen LogP contribution in [-0.4, -0.2) is 78.1 Å². The highest BCUT2D eigenvalue weighted by Gasteiger charge is 2.60. The summed E-state index contributed by atoms with van der Waals surface area (Å²) in [5.74, 6) is -5.91. The van der Waals surface area contributed by atoms with Crippen LogP contribution in [0.15, 0.2) is 84.9 Å². The van der Waals surface area contributed by atoms with Crippen LogP contribution in [0.1, 0.15) is 44.2 Å². The van der Waals surface area contributed by atoms with Gasteiger partial charge >= 0.3 is 23.7 Å². The Hall–Kier alpha value is -4.74. The lowest BCUT2D eigenvalue weighted by molar-refractivity contribution is -0.225. The van der Waals surface area contributed by atoms with Crippen LogP contribution in [0.5, 0.6) is 11.5 Å². The molecule has 1 aliphatic rings. The van der Waals surface area contributed by atoms with Crippen LogP contribution in [-0.2, 0) is 44.5 Å². The van der Waals surface area contributed by atoms with Gasteiger partial charge in [0, 0.05) is 12.0 Å². The van der Waals surface area contributed by atoms with E-state index in [1.165, 1.54) is 4.90 Å². The molecule has 3 aromatic carbocycles. The Bertz CT molecular complexity index is 1440. The lowest BCUT2D eigenvalue weighted by Crippen LogP contribution is -2.53. The summed E-state index contributed by atoms with van der Waals surface area (Å²) in [4.78, 5) is 52.8. The summed E-state index contributed by atoms with van der Waals surface area (Å²) in [7, 11) is 0. The molecule has 1 amide bonds. The third-order valence-corrected chi connectivity index (χ3v) is 7.65. The molecule has 11 heteroatoms. The lowest BCUT2D eigenvalue weighted by atomic mass is 9.85. The van der Waals surface area contributed by atoms with Gasteiger partial charge in [0.15, 0.2) is 6.10 Å². The molecule has 46 heavy (non-hydrogen) atoms. The molecule has 11 nitrogen and oxygen atoms in total. The average molecular weight is 634 g/mol. The number of carbonyl (C=O) groups excluding carboxylic acids is 3. The molecule has 0 saturated carbocycles. The molecule has 0 radical (unpaired) electrons. The van der Waals surface area contributed by atoms with Gasteiger partial charge in [-0.2, -0.15) is 0 Å². The number of carboxylic acid groups (broad SMARTS) is 1. The quantitative estimate of drug-likeness (QED) is 0.185. The van der Waals surface area contributed by atoms with E-state index < -0.39 is 54.9 Å². The van der Waals surface area contributed by atoms with E-state index in [2.05, 4.69) is 0 Å². The van der Waals surface area contributed by atoms with Crippen molar-refractivity contribution >= 4 is 23.8 Å². The molecular weight excluding hydrogens is 594 g/mol. The number of hydrogen-bond acceptors (Lipinski definition) is 9. The summed E-state index contributed by atoms with van der Waals surface area (Å²) in [6.07, 6.45) is -0.233. The Morgan fingerprint density at radius 1 is 0.870 bits per heavy atom. The van der Waals surface area contributed by atoms with E-state index in [1.807, 2.05) is 84.9 Å². The van der Waals surface area contributed by atoms with Crippen molar-refractivity contribution in [2.45, 2.75) is 57.5 Å². The molecule has 3 atom stereocenters. The van der Waals surface area contributed by atoms with Crippen LogP contribution in [0.25, 0.3) is 0 Å². The number of rotatable bonds is 15. The highest BCUT2D eigenvalue weighted by Crippen LogP contribution is 2.34. The average Bonchev–Trinajstić information content (AvgIpc) is 3.52. The van der Waals surface area contributed by atoms with Gasteiger partial charge < -0.3 is 33.7 Å². The Kier molecular flexibility index (Phi) is 11.9. The summed E-state index contributed by atoms with van der Waals surface area (Å²) in [6.45, 7) is 3.56. The van der Waals surface area contributed by atoms with E-state index in [4.69, 9.17) is 23.7 Å². The van der Waals surface area contributed by atoms with Crippen LogP contribution in [0.2, 0.25) is 0 Å². The molecule has 1 heterocycles. The minimum Gasteiger partial charge on any atom is -0.480 e. The van der Waals surface area contributed by atoms with Crippen LogP contribution in [0, 0.1) is 0 Å². The second-order valence-corrected chi connectivity index (χ2v) is 10.7. The van der Waals surface area contributed by atoms with Crippen molar-refractivity contribution in [3.05, 3.63) is 96.1 Å². The summed E-state index contributed by atoms with van der Waals surface area (Å²) in [5, 5.41) is 9.85. The molecule has 1 N–H and O–H groups in total. The van der Waals surface area contributed by atoms with E-state index in [0.717, 1.165) is 11.1 Å². The number of esters is 2. The molecule has 4 rings (SSSR count). The normalized spacial score (nSPS) is 16.5. The molecule has 0 spiro atoms. The zero-order chi connectivity index (χ0) is 33.1. The third-order valence-electron chi connectivity index (χ3n) is 7.65. The number of ether oxygens (including phenoxy) is 5. The highest BCUT2D eigenvalue weighted by molar-refractivity contribution is 6.03. The van der Waals surface area contributed by atoms with Crippen molar-refractivity contribution < 1.29 is 48.0 Å². The van der Waals surface area contributed by atoms with Gasteiger partial charge in [-0.05, 0) is 69.0 Å². The summed E-state index contributed by atoms with van der Waals surface area (Å²) >= 11 is 0. The number of aliphatic carboxylic acids is 1. The predicted molar refractivity (Wildman–Crippen MR) is 166 cm³/mol. The number of aryl methyl sites for hydroxylation is 1. The van der Waals surface area contributed by atoms with E-state index in [-0.39, 0.29) is 19.1 Å². The monoisotopic (exact) mass is 633 g/mol. The molecule has 244 valence electrons. The van der Waals surface area contributed by atoms with Gasteiger partial charge in [-0.15, -0.1) is 0 Å². The summed E-state index contributed by atoms with van der Waals surface area (Å²) in [5.41, 5.74) is 1.95. The Balaban J connectivity index is 1.62. The maximum Gasteiger partial charge on any atom is 0.379 e. The number of nitrogens with zero attached hydrogens (tertiary/aromatic N) is 1. The molecule has 0 aromatic heterocycles. The SMILES string of the molecule is CCOC(=O)C1(C(=O)OCC)OC[C@H](C(=O)N(CC(=O)O)[C@H](C)[C@H](CCc2ccccc2)c2ccc(Oc3ccccc3)cc2)O1. The van der Waals surface area contributed by atoms with E-state index in [9.17, 15) is 24.3 Å². The van der Waals surface area contributed by atoms with Crippen LogP contribution < -0.4 is 4.74 Å². The highest BCUT2D eigenvalue weighted by atomic mass is 16.8. The van der Waals surface area contributed by atoms with Gasteiger partial charge in [0.1, 0.15) is 18.0 Å². The van der Waals surface area contributed by atoms with Crippen molar-refractivity contribution in [1.29, 1.82) is 0 Å². The van der Waals surface area contributed by atoms with Gasteiger partial charge in [-0.3, -0.25) is 9.59 Å². The summed E-state index contributed by atoms with van der Waals surface area (Å²) in [6, 6.07) is 26.0. The Labute approximate surface area is 268 Å². The smallest absolute Gasteiger partial charge is 0.379 e. The number of carbonyl (C=O) groups is 4. The van der Waals surface area contributed by atoms with Gasteiger partial charge in [-0.25, -0.2) is 9.59 Å². The lowest BCUT2D eigenvalue weighted by Gasteiger charge is -2.35. The second-order valence-electron chi connectivity index (χ2n) is 10.7. The van der Waals surface area contributed by atoms with E-state index in [0.29, 0.717) is 24.3 Å². The molecule has 0 aliphatic carbocycles. The minimum absolute atomic E-state index is 0.0776. The van der Waals surface area contributed by atoms with E-state index >= 15 is 0 Å². The largest absolute Gasteiger partial charge is 0.480 e. The maximum atomic E-state index is 14.0. The van der Waals surface area contributed by atoms with Gasteiger partial charge in [0.05, 0.1) is 19.8 Å². The zero-order valence-corrected chi connectivity index (χ0v) is 26.1. The number of benzene rings is 3.